The quantitative estimate of drug-likeness (QED) is 0.829. The molecular formula is C10H10BrClO. The Hall–Kier alpha value is -0.310. The van der Waals surface area contributed by atoms with E-state index in [2.05, 4.69) is 15.9 Å². The van der Waals surface area contributed by atoms with E-state index in [4.69, 9.17) is 11.6 Å². The summed E-state index contributed by atoms with van der Waals surface area (Å²) >= 11 is 8.76. The highest BCUT2D eigenvalue weighted by Crippen LogP contribution is 2.16. The molecule has 0 aliphatic carbocycles. The maximum atomic E-state index is 9.34. The van der Waals surface area contributed by atoms with Gasteiger partial charge in [0.15, 0.2) is 0 Å². The van der Waals surface area contributed by atoms with Crippen molar-refractivity contribution in [2.24, 2.45) is 0 Å². The van der Waals surface area contributed by atoms with Crippen molar-refractivity contribution in [2.45, 2.75) is 6.10 Å². The summed E-state index contributed by atoms with van der Waals surface area (Å²) in [6.07, 6.45) is 1.23. The van der Waals surface area contributed by atoms with Gasteiger partial charge in [0.25, 0.3) is 0 Å². The molecule has 0 spiro atoms. The smallest absolute Gasteiger partial charge is 0.0989 e. The molecule has 70 valence electrons. The number of alkyl halides is 1. The zero-order valence-corrected chi connectivity index (χ0v) is 9.29. The van der Waals surface area contributed by atoms with Crippen molar-refractivity contribution < 1.29 is 5.11 Å². The Balaban J connectivity index is 2.77. The average Bonchev–Trinajstić information content (AvgIpc) is 2.18. The van der Waals surface area contributed by atoms with Gasteiger partial charge in [-0.15, -0.1) is 11.6 Å². The lowest BCUT2D eigenvalue weighted by atomic mass is 10.2. The number of aliphatic hydroxyl groups excluding tert-OH is 1. The Morgan fingerprint density at radius 3 is 2.62 bits per heavy atom. The normalized spacial score (nSPS) is 14.2. The second-order valence-electron chi connectivity index (χ2n) is 2.61. The number of hydrogen-bond acceptors (Lipinski definition) is 1. The van der Waals surface area contributed by atoms with Gasteiger partial charge in [-0.3, -0.25) is 0 Å². The molecule has 0 fully saturated rings. The van der Waals surface area contributed by atoms with E-state index >= 15 is 0 Å². The predicted octanol–water partition coefficient (Wildman–Crippen LogP) is 3.02. The van der Waals surface area contributed by atoms with Crippen molar-refractivity contribution in [2.75, 3.05) is 5.88 Å². The number of hydrogen-bond donors (Lipinski definition) is 1. The maximum Gasteiger partial charge on any atom is 0.0989 e. The predicted molar refractivity (Wildman–Crippen MR) is 60.1 cm³/mol. The lowest BCUT2D eigenvalue weighted by Gasteiger charge is -2.04. The summed E-state index contributed by atoms with van der Waals surface area (Å²) in [5, 5.41) is 9.34. The topological polar surface area (TPSA) is 20.2 Å². The van der Waals surface area contributed by atoms with Gasteiger partial charge in [-0.1, -0.05) is 46.3 Å². The van der Waals surface area contributed by atoms with Gasteiger partial charge < -0.3 is 5.11 Å². The Kier molecular flexibility index (Phi) is 4.50. The van der Waals surface area contributed by atoms with Gasteiger partial charge in [-0.05, 0) is 11.6 Å². The monoisotopic (exact) mass is 260 g/mol. The Labute approximate surface area is 91.2 Å². The Bertz CT molecular complexity index is 284. The molecular weight excluding hydrogens is 251 g/mol. The molecule has 1 rings (SSSR count). The fraction of sp³-hybridized carbons (Fsp3) is 0.200. The molecule has 1 aromatic carbocycles. The van der Waals surface area contributed by atoms with Crippen LogP contribution in [-0.2, 0) is 0 Å². The number of rotatable bonds is 3. The van der Waals surface area contributed by atoms with E-state index in [-0.39, 0.29) is 5.88 Å². The van der Waals surface area contributed by atoms with Crippen LogP contribution in [0.2, 0.25) is 0 Å². The average molecular weight is 262 g/mol. The molecule has 0 aliphatic rings. The third-order valence-corrected chi connectivity index (χ3v) is 2.62. The molecule has 0 saturated carbocycles. The molecule has 0 bridgehead atoms. The van der Waals surface area contributed by atoms with E-state index in [1.54, 1.807) is 0 Å². The van der Waals surface area contributed by atoms with Crippen LogP contribution in [0.5, 0.6) is 0 Å². The number of benzene rings is 1. The van der Waals surface area contributed by atoms with Crippen molar-refractivity contribution in [3.05, 3.63) is 40.4 Å². The van der Waals surface area contributed by atoms with Crippen molar-refractivity contribution in [3.63, 3.8) is 0 Å². The van der Waals surface area contributed by atoms with Crippen molar-refractivity contribution in [1.29, 1.82) is 0 Å². The lowest BCUT2D eigenvalue weighted by molar-refractivity contribution is 0.245. The molecule has 0 heterocycles. The first-order chi connectivity index (χ1) is 6.24. The minimum absolute atomic E-state index is 0.198. The number of aliphatic hydroxyl groups is 1. The van der Waals surface area contributed by atoms with Gasteiger partial charge in [0.2, 0.25) is 0 Å². The molecule has 0 amide bonds. The second kappa shape index (κ2) is 5.43. The van der Waals surface area contributed by atoms with Crippen LogP contribution in [0.3, 0.4) is 0 Å². The summed E-state index contributed by atoms with van der Waals surface area (Å²) in [5.41, 5.74) is 1.04. The summed E-state index contributed by atoms with van der Waals surface area (Å²) < 4.78 is 0.703. The SMILES string of the molecule is O[C@H](CCl)/C(Br)=C/c1ccccc1. The van der Waals surface area contributed by atoms with E-state index < -0.39 is 6.10 Å². The largest absolute Gasteiger partial charge is 0.387 e. The molecule has 1 nitrogen and oxygen atoms in total. The van der Waals surface area contributed by atoms with Crippen molar-refractivity contribution >= 4 is 33.6 Å². The molecule has 0 unspecified atom stereocenters. The van der Waals surface area contributed by atoms with E-state index in [9.17, 15) is 5.11 Å². The zero-order valence-electron chi connectivity index (χ0n) is 6.95. The van der Waals surface area contributed by atoms with Gasteiger partial charge in [0, 0.05) is 4.48 Å². The van der Waals surface area contributed by atoms with Gasteiger partial charge in [-0.2, -0.15) is 0 Å². The van der Waals surface area contributed by atoms with E-state index in [0.29, 0.717) is 4.48 Å². The first kappa shape index (κ1) is 10.8. The Morgan fingerprint density at radius 1 is 1.46 bits per heavy atom. The summed E-state index contributed by atoms with van der Waals surface area (Å²) in [6.45, 7) is 0. The molecule has 0 aromatic heterocycles. The minimum atomic E-state index is -0.623. The molecule has 3 heteroatoms. The van der Waals surface area contributed by atoms with Crippen LogP contribution in [0.4, 0.5) is 0 Å². The molecule has 0 radical (unpaired) electrons. The zero-order chi connectivity index (χ0) is 9.68. The molecule has 0 aliphatic heterocycles. The molecule has 13 heavy (non-hydrogen) atoms. The van der Waals surface area contributed by atoms with Crippen molar-refractivity contribution in [3.8, 4) is 0 Å². The first-order valence-corrected chi connectivity index (χ1v) is 5.23. The van der Waals surface area contributed by atoms with Crippen LogP contribution in [0.15, 0.2) is 34.8 Å². The van der Waals surface area contributed by atoms with Gasteiger partial charge >= 0.3 is 0 Å². The summed E-state index contributed by atoms with van der Waals surface area (Å²) in [7, 11) is 0. The third-order valence-electron chi connectivity index (χ3n) is 1.57. The van der Waals surface area contributed by atoms with Crippen molar-refractivity contribution in [1.82, 2.24) is 0 Å². The van der Waals surface area contributed by atoms with Crippen LogP contribution in [0, 0.1) is 0 Å². The Morgan fingerprint density at radius 2 is 2.08 bits per heavy atom. The highest BCUT2D eigenvalue weighted by molar-refractivity contribution is 9.11. The number of halogens is 2. The van der Waals surface area contributed by atoms with Crippen LogP contribution in [-0.4, -0.2) is 17.1 Å². The minimum Gasteiger partial charge on any atom is -0.387 e. The molecule has 1 aromatic rings. The summed E-state index contributed by atoms with van der Waals surface area (Å²) in [6, 6.07) is 9.76. The van der Waals surface area contributed by atoms with Crippen LogP contribution in [0.25, 0.3) is 6.08 Å². The third kappa shape index (κ3) is 3.51. The fourth-order valence-electron chi connectivity index (χ4n) is 0.878. The molecule has 1 N–H and O–H groups in total. The molecule has 0 saturated heterocycles. The van der Waals surface area contributed by atoms with Gasteiger partial charge in [0.1, 0.15) is 0 Å². The van der Waals surface area contributed by atoms with Crippen LogP contribution < -0.4 is 0 Å². The fourth-order valence-corrected chi connectivity index (χ4v) is 1.66. The van der Waals surface area contributed by atoms with E-state index in [1.807, 2.05) is 36.4 Å². The molecule has 1 atom stereocenters. The first-order valence-electron chi connectivity index (χ1n) is 3.90. The second-order valence-corrected chi connectivity index (χ2v) is 3.83. The maximum absolute atomic E-state index is 9.34. The van der Waals surface area contributed by atoms with E-state index in [1.165, 1.54) is 0 Å². The van der Waals surface area contributed by atoms with Crippen LogP contribution >= 0.6 is 27.5 Å². The highest BCUT2D eigenvalue weighted by Gasteiger charge is 2.05. The van der Waals surface area contributed by atoms with E-state index in [0.717, 1.165) is 5.56 Å². The lowest BCUT2D eigenvalue weighted by Crippen LogP contribution is -2.07. The van der Waals surface area contributed by atoms with Gasteiger partial charge in [-0.25, -0.2) is 0 Å². The van der Waals surface area contributed by atoms with Gasteiger partial charge in [0.05, 0.1) is 12.0 Å². The summed E-state index contributed by atoms with van der Waals surface area (Å²) in [5.74, 6) is 0.198. The highest BCUT2D eigenvalue weighted by atomic mass is 79.9. The summed E-state index contributed by atoms with van der Waals surface area (Å²) in [4.78, 5) is 0. The van der Waals surface area contributed by atoms with Crippen LogP contribution in [0.1, 0.15) is 5.56 Å². The standard InChI is InChI=1S/C10H10BrClO/c11-9(10(13)7-12)6-8-4-2-1-3-5-8/h1-6,10,13H,7H2/b9-6-/t10-/m1/s1.